The topological polar surface area (TPSA) is 41.8 Å². The second kappa shape index (κ2) is 3.52. The summed E-state index contributed by atoms with van der Waals surface area (Å²) in [5.41, 5.74) is 7.86. The fraction of sp³-hybridized carbons (Fsp3) is 0.200. The van der Waals surface area contributed by atoms with Crippen molar-refractivity contribution in [2.24, 2.45) is 5.73 Å². The van der Waals surface area contributed by atoms with E-state index in [9.17, 15) is 0 Å². The van der Waals surface area contributed by atoms with Crippen LogP contribution in [0, 0.1) is 0 Å². The van der Waals surface area contributed by atoms with Gasteiger partial charge in [-0.25, -0.2) is 0 Å². The summed E-state index contributed by atoms with van der Waals surface area (Å²) >= 11 is 3.44. The zero-order valence-corrected chi connectivity index (χ0v) is 8.76. The van der Waals surface area contributed by atoms with Gasteiger partial charge in [-0.3, -0.25) is 0 Å². The van der Waals surface area contributed by atoms with Gasteiger partial charge in [0.1, 0.15) is 0 Å². The number of H-pyrrole nitrogens is 1. The van der Waals surface area contributed by atoms with Crippen LogP contribution in [-0.2, 0) is 6.42 Å². The molecule has 1 heterocycles. The molecule has 2 nitrogen and oxygen atoms in total. The summed E-state index contributed by atoms with van der Waals surface area (Å²) < 4.78 is 1.11. The summed E-state index contributed by atoms with van der Waals surface area (Å²) in [7, 11) is 0. The largest absolute Gasteiger partial charge is 0.358 e. The summed E-state index contributed by atoms with van der Waals surface area (Å²) in [6.07, 6.45) is 0.909. The lowest BCUT2D eigenvalue weighted by molar-refractivity contribution is 0.940. The Morgan fingerprint density at radius 1 is 1.31 bits per heavy atom. The third-order valence-corrected chi connectivity index (χ3v) is 2.55. The number of aromatic amines is 1. The molecule has 0 bridgehead atoms. The van der Waals surface area contributed by atoms with Gasteiger partial charge in [0.15, 0.2) is 0 Å². The molecule has 0 aliphatic heterocycles. The van der Waals surface area contributed by atoms with Gasteiger partial charge in [0.25, 0.3) is 0 Å². The number of benzene rings is 1. The third kappa shape index (κ3) is 1.76. The van der Waals surface area contributed by atoms with E-state index in [0.29, 0.717) is 6.54 Å². The summed E-state index contributed by atoms with van der Waals surface area (Å²) in [4.78, 5) is 3.32. The first-order chi connectivity index (χ1) is 6.29. The van der Waals surface area contributed by atoms with Crippen LogP contribution in [-0.4, -0.2) is 11.5 Å². The number of nitrogens with two attached hydrogens (primary N) is 1. The molecule has 0 saturated heterocycles. The molecule has 1 aromatic carbocycles. The highest BCUT2D eigenvalue weighted by atomic mass is 79.9. The number of fused-ring (bicyclic) bond motifs is 1. The van der Waals surface area contributed by atoms with E-state index in [-0.39, 0.29) is 0 Å². The van der Waals surface area contributed by atoms with E-state index in [0.717, 1.165) is 10.9 Å². The van der Waals surface area contributed by atoms with Crippen LogP contribution in [0.25, 0.3) is 10.9 Å². The Labute approximate surface area is 85.3 Å². The van der Waals surface area contributed by atoms with Gasteiger partial charge in [-0.2, -0.15) is 0 Å². The number of hydrogen-bond acceptors (Lipinski definition) is 1. The summed E-state index contributed by atoms with van der Waals surface area (Å²) in [6, 6.07) is 8.35. The highest BCUT2D eigenvalue weighted by Gasteiger charge is 1.99. The first-order valence-electron chi connectivity index (χ1n) is 4.27. The minimum absolute atomic E-state index is 0.688. The number of hydrogen-bond donors (Lipinski definition) is 2. The average molecular weight is 239 g/mol. The Bertz CT molecular complexity index is 420. The molecule has 0 amide bonds. The van der Waals surface area contributed by atoms with E-state index < -0.39 is 0 Å². The Kier molecular flexibility index (Phi) is 2.38. The van der Waals surface area contributed by atoms with Gasteiger partial charge in [-0.1, -0.05) is 15.9 Å². The molecule has 0 fully saturated rings. The monoisotopic (exact) mass is 238 g/mol. The average Bonchev–Trinajstić information content (AvgIpc) is 2.46. The van der Waals surface area contributed by atoms with Gasteiger partial charge >= 0.3 is 0 Å². The van der Waals surface area contributed by atoms with Gasteiger partial charge in [-0.15, -0.1) is 0 Å². The van der Waals surface area contributed by atoms with E-state index in [1.54, 1.807) is 0 Å². The second-order valence-corrected chi connectivity index (χ2v) is 3.98. The molecule has 68 valence electrons. The fourth-order valence-corrected chi connectivity index (χ4v) is 1.83. The molecule has 0 aliphatic carbocycles. The van der Waals surface area contributed by atoms with Crippen LogP contribution in [0.1, 0.15) is 5.69 Å². The van der Waals surface area contributed by atoms with E-state index in [4.69, 9.17) is 5.73 Å². The van der Waals surface area contributed by atoms with Crippen molar-refractivity contribution in [3.05, 3.63) is 34.4 Å². The van der Waals surface area contributed by atoms with Crippen LogP contribution < -0.4 is 5.73 Å². The van der Waals surface area contributed by atoms with Gasteiger partial charge in [0.05, 0.1) is 0 Å². The maximum Gasteiger partial charge on any atom is 0.0456 e. The normalized spacial score (nSPS) is 10.9. The van der Waals surface area contributed by atoms with Crippen molar-refractivity contribution in [3.8, 4) is 0 Å². The first kappa shape index (κ1) is 8.78. The first-order valence-corrected chi connectivity index (χ1v) is 5.06. The Hall–Kier alpha value is -0.800. The van der Waals surface area contributed by atoms with Crippen molar-refractivity contribution in [3.63, 3.8) is 0 Å². The molecule has 3 heteroatoms. The molecule has 0 radical (unpaired) electrons. The number of rotatable bonds is 2. The molecule has 13 heavy (non-hydrogen) atoms. The Balaban J connectivity index is 2.49. The van der Waals surface area contributed by atoms with E-state index in [1.165, 1.54) is 16.6 Å². The molecule has 2 aromatic rings. The summed E-state index contributed by atoms with van der Waals surface area (Å²) in [5.74, 6) is 0. The number of aromatic nitrogens is 1. The smallest absolute Gasteiger partial charge is 0.0456 e. The van der Waals surface area contributed by atoms with E-state index in [1.807, 2.05) is 6.07 Å². The molecule has 0 aliphatic rings. The fourth-order valence-electron chi connectivity index (χ4n) is 1.45. The highest BCUT2D eigenvalue weighted by Crippen LogP contribution is 2.20. The van der Waals surface area contributed by atoms with Crippen molar-refractivity contribution in [1.82, 2.24) is 4.98 Å². The van der Waals surface area contributed by atoms with Crippen molar-refractivity contribution in [2.75, 3.05) is 6.54 Å². The van der Waals surface area contributed by atoms with Gasteiger partial charge in [0, 0.05) is 21.1 Å². The molecular weight excluding hydrogens is 228 g/mol. The molecular formula is C10H11BrN2. The SMILES string of the molecule is NCCc1cc2cc(Br)ccc2[nH]1. The maximum atomic E-state index is 5.48. The molecule has 1 aromatic heterocycles. The molecule has 0 unspecified atom stereocenters. The van der Waals surface area contributed by atoms with E-state index >= 15 is 0 Å². The maximum absolute atomic E-state index is 5.48. The Morgan fingerprint density at radius 3 is 2.92 bits per heavy atom. The van der Waals surface area contributed by atoms with Crippen molar-refractivity contribution in [2.45, 2.75) is 6.42 Å². The quantitative estimate of drug-likeness (QED) is 0.830. The zero-order valence-electron chi connectivity index (χ0n) is 7.18. The van der Waals surface area contributed by atoms with Crippen LogP contribution in [0.15, 0.2) is 28.7 Å². The molecule has 2 rings (SSSR count). The Morgan fingerprint density at radius 2 is 2.15 bits per heavy atom. The minimum atomic E-state index is 0.688. The van der Waals surface area contributed by atoms with Gasteiger partial charge < -0.3 is 10.7 Å². The minimum Gasteiger partial charge on any atom is -0.358 e. The number of halogens is 1. The van der Waals surface area contributed by atoms with Crippen molar-refractivity contribution in [1.29, 1.82) is 0 Å². The van der Waals surface area contributed by atoms with Crippen LogP contribution in [0.5, 0.6) is 0 Å². The second-order valence-electron chi connectivity index (χ2n) is 3.06. The predicted molar refractivity (Wildman–Crippen MR) is 58.8 cm³/mol. The lowest BCUT2D eigenvalue weighted by Gasteiger charge is -1.90. The summed E-state index contributed by atoms with van der Waals surface area (Å²) in [5, 5.41) is 1.23. The zero-order chi connectivity index (χ0) is 9.26. The predicted octanol–water partition coefficient (Wildman–Crippen LogP) is 2.43. The highest BCUT2D eigenvalue weighted by molar-refractivity contribution is 9.10. The molecule has 3 N–H and O–H groups in total. The molecule has 0 spiro atoms. The lowest BCUT2D eigenvalue weighted by atomic mass is 10.2. The third-order valence-electron chi connectivity index (χ3n) is 2.05. The standard InChI is InChI=1S/C10H11BrN2/c11-8-1-2-10-7(5-8)6-9(13-10)3-4-12/h1-2,5-6,13H,3-4,12H2. The lowest BCUT2D eigenvalue weighted by Crippen LogP contribution is -2.02. The van der Waals surface area contributed by atoms with E-state index in [2.05, 4.69) is 39.1 Å². The number of nitrogens with one attached hydrogen (secondary N) is 1. The van der Waals surface area contributed by atoms with Crippen LogP contribution in [0.4, 0.5) is 0 Å². The molecule has 0 saturated carbocycles. The van der Waals surface area contributed by atoms with Crippen LogP contribution in [0.3, 0.4) is 0 Å². The molecule has 0 atom stereocenters. The van der Waals surface area contributed by atoms with Crippen molar-refractivity contribution < 1.29 is 0 Å². The van der Waals surface area contributed by atoms with Gasteiger partial charge in [-0.05, 0) is 37.2 Å². The van der Waals surface area contributed by atoms with Crippen LogP contribution >= 0.6 is 15.9 Å². The van der Waals surface area contributed by atoms with Crippen molar-refractivity contribution >= 4 is 26.8 Å². The van der Waals surface area contributed by atoms with Crippen LogP contribution in [0.2, 0.25) is 0 Å². The summed E-state index contributed by atoms with van der Waals surface area (Å²) in [6.45, 7) is 0.688. The van der Waals surface area contributed by atoms with Gasteiger partial charge in [0.2, 0.25) is 0 Å².